The molecule has 0 radical (unpaired) electrons. The zero-order valence-electron chi connectivity index (χ0n) is 13.9. The van der Waals surface area contributed by atoms with Crippen LogP contribution in [0.1, 0.15) is 15.9 Å². The number of hydrogen-bond donors (Lipinski definition) is 2. The molecule has 2 aromatic rings. The second kappa shape index (κ2) is 9.89. The number of carbonyl (C=O) groups excluding carboxylic acids is 3. The van der Waals surface area contributed by atoms with Gasteiger partial charge in [0.05, 0.1) is 17.1 Å². The van der Waals surface area contributed by atoms with Gasteiger partial charge in [0.1, 0.15) is 19.0 Å². The van der Waals surface area contributed by atoms with Gasteiger partial charge in [-0.25, -0.2) is 4.39 Å². The number of amides is 2. The molecule has 2 amide bonds. The molecule has 27 heavy (non-hydrogen) atoms. The van der Waals surface area contributed by atoms with Gasteiger partial charge in [-0.15, -0.1) is 0 Å². The largest absolute Gasteiger partial charge is 0.460 e. The van der Waals surface area contributed by atoms with Crippen molar-refractivity contribution in [2.45, 2.75) is 6.61 Å². The predicted octanol–water partition coefficient (Wildman–Crippen LogP) is 2.72. The molecule has 142 valence electrons. The molecule has 0 aliphatic carbocycles. The van der Waals surface area contributed by atoms with Crippen LogP contribution in [0.2, 0.25) is 10.0 Å². The van der Waals surface area contributed by atoms with E-state index in [4.69, 9.17) is 27.9 Å². The summed E-state index contributed by atoms with van der Waals surface area (Å²) in [4.78, 5) is 35.3. The molecule has 0 aromatic heterocycles. The number of esters is 1. The molecular weight excluding hydrogens is 398 g/mol. The van der Waals surface area contributed by atoms with Crippen LogP contribution in [0.3, 0.4) is 0 Å². The summed E-state index contributed by atoms with van der Waals surface area (Å²) in [5, 5.41) is 5.21. The lowest BCUT2D eigenvalue weighted by molar-refractivity contribution is -0.145. The molecule has 0 bridgehead atoms. The van der Waals surface area contributed by atoms with E-state index in [2.05, 4.69) is 10.6 Å². The van der Waals surface area contributed by atoms with Crippen LogP contribution < -0.4 is 10.6 Å². The van der Waals surface area contributed by atoms with Crippen molar-refractivity contribution < 1.29 is 23.5 Å². The Bertz CT molecular complexity index is 861. The third-order valence-corrected chi connectivity index (χ3v) is 3.85. The fourth-order valence-corrected chi connectivity index (χ4v) is 2.50. The molecule has 2 rings (SSSR count). The summed E-state index contributed by atoms with van der Waals surface area (Å²) in [5.74, 6) is -2.27. The summed E-state index contributed by atoms with van der Waals surface area (Å²) < 4.78 is 17.9. The van der Waals surface area contributed by atoms with Gasteiger partial charge in [-0.1, -0.05) is 35.3 Å². The van der Waals surface area contributed by atoms with Crippen molar-refractivity contribution in [2.24, 2.45) is 0 Å². The zero-order chi connectivity index (χ0) is 19.8. The summed E-state index contributed by atoms with van der Waals surface area (Å²) in [7, 11) is 0. The highest BCUT2D eigenvalue weighted by atomic mass is 35.5. The Morgan fingerprint density at radius 1 is 1.00 bits per heavy atom. The van der Waals surface area contributed by atoms with Gasteiger partial charge in [0.2, 0.25) is 5.91 Å². The van der Waals surface area contributed by atoms with Crippen molar-refractivity contribution >= 4 is 41.0 Å². The van der Waals surface area contributed by atoms with Crippen LogP contribution in [0.5, 0.6) is 0 Å². The minimum absolute atomic E-state index is 0.113. The molecule has 0 unspecified atom stereocenters. The van der Waals surface area contributed by atoms with Crippen LogP contribution in [0.15, 0.2) is 42.5 Å². The number of rotatable bonds is 7. The fourth-order valence-electron chi connectivity index (χ4n) is 2.00. The lowest BCUT2D eigenvalue weighted by Gasteiger charge is -2.08. The summed E-state index contributed by atoms with van der Waals surface area (Å²) in [5.41, 5.74) is 0.658. The lowest BCUT2D eigenvalue weighted by atomic mass is 10.2. The zero-order valence-corrected chi connectivity index (χ0v) is 15.4. The Labute approximate surface area is 164 Å². The number of benzene rings is 2. The Balaban J connectivity index is 1.70. The van der Waals surface area contributed by atoms with Gasteiger partial charge in [0.25, 0.3) is 5.91 Å². The van der Waals surface area contributed by atoms with Crippen molar-refractivity contribution in [3.8, 4) is 0 Å². The highest BCUT2D eigenvalue weighted by Crippen LogP contribution is 2.20. The highest BCUT2D eigenvalue weighted by molar-refractivity contribution is 6.36. The van der Waals surface area contributed by atoms with E-state index in [0.29, 0.717) is 10.6 Å². The standard InChI is InChI=1S/C18H15Cl2FN2O4/c19-12-4-5-14(15(20)7-12)18(26)23-8-16(24)22-9-17(25)27-10-11-2-1-3-13(21)6-11/h1-7H,8-10H2,(H,22,24)(H,23,26). The Hall–Kier alpha value is -2.64. The quantitative estimate of drug-likeness (QED) is 0.684. The van der Waals surface area contributed by atoms with E-state index >= 15 is 0 Å². The van der Waals surface area contributed by atoms with Crippen LogP contribution in [-0.2, 0) is 20.9 Å². The van der Waals surface area contributed by atoms with Crippen molar-refractivity contribution in [3.05, 3.63) is 69.5 Å². The van der Waals surface area contributed by atoms with Crippen molar-refractivity contribution in [2.75, 3.05) is 13.1 Å². The van der Waals surface area contributed by atoms with E-state index in [-0.39, 0.29) is 30.3 Å². The molecule has 6 nitrogen and oxygen atoms in total. The van der Waals surface area contributed by atoms with Crippen LogP contribution in [0, 0.1) is 5.82 Å². The third-order valence-electron chi connectivity index (χ3n) is 3.30. The predicted molar refractivity (Wildman–Crippen MR) is 98.0 cm³/mol. The van der Waals surface area contributed by atoms with Gasteiger partial charge in [0.15, 0.2) is 0 Å². The second-order valence-electron chi connectivity index (χ2n) is 5.37. The van der Waals surface area contributed by atoms with E-state index in [1.165, 1.54) is 36.4 Å². The minimum atomic E-state index is -0.695. The number of nitrogens with one attached hydrogen (secondary N) is 2. The maximum atomic E-state index is 13.0. The van der Waals surface area contributed by atoms with Crippen LogP contribution in [-0.4, -0.2) is 30.9 Å². The number of carbonyl (C=O) groups is 3. The monoisotopic (exact) mass is 412 g/mol. The maximum Gasteiger partial charge on any atom is 0.325 e. The summed E-state index contributed by atoms with van der Waals surface area (Å²) in [6.07, 6.45) is 0. The van der Waals surface area contributed by atoms with E-state index in [1.54, 1.807) is 6.07 Å². The van der Waals surface area contributed by atoms with Crippen molar-refractivity contribution in [3.63, 3.8) is 0 Å². The van der Waals surface area contributed by atoms with E-state index in [9.17, 15) is 18.8 Å². The SMILES string of the molecule is O=C(CNC(=O)c1ccc(Cl)cc1Cl)NCC(=O)OCc1cccc(F)c1. The van der Waals surface area contributed by atoms with E-state index in [1.807, 2.05) is 0 Å². The van der Waals surface area contributed by atoms with Crippen LogP contribution >= 0.6 is 23.2 Å². The molecule has 2 aromatic carbocycles. The number of ether oxygens (including phenoxy) is 1. The number of halogens is 3. The maximum absolute atomic E-state index is 13.0. The molecule has 0 saturated carbocycles. The topological polar surface area (TPSA) is 84.5 Å². The normalized spacial score (nSPS) is 10.2. The van der Waals surface area contributed by atoms with Gasteiger partial charge < -0.3 is 15.4 Å². The average Bonchev–Trinajstić information content (AvgIpc) is 2.62. The number of hydrogen-bond acceptors (Lipinski definition) is 4. The molecule has 9 heteroatoms. The third kappa shape index (κ3) is 6.88. The Morgan fingerprint density at radius 2 is 1.78 bits per heavy atom. The molecule has 2 N–H and O–H groups in total. The Kier molecular flexibility index (Phi) is 7.57. The smallest absolute Gasteiger partial charge is 0.325 e. The van der Waals surface area contributed by atoms with Gasteiger partial charge >= 0.3 is 5.97 Å². The first-order valence-electron chi connectivity index (χ1n) is 7.75. The summed E-state index contributed by atoms with van der Waals surface area (Å²) >= 11 is 11.7. The molecule has 0 aliphatic rings. The Morgan fingerprint density at radius 3 is 2.48 bits per heavy atom. The second-order valence-corrected chi connectivity index (χ2v) is 6.22. The van der Waals surface area contributed by atoms with E-state index < -0.39 is 23.6 Å². The first-order chi connectivity index (χ1) is 12.8. The first kappa shape index (κ1) is 20.7. The van der Waals surface area contributed by atoms with Crippen LogP contribution in [0.4, 0.5) is 4.39 Å². The molecule has 0 atom stereocenters. The van der Waals surface area contributed by atoms with Crippen molar-refractivity contribution in [1.82, 2.24) is 10.6 Å². The highest BCUT2D eigenvalue weighted by Gasteiger charge is 2.13. The molecule has 0 spiro atoms. The van der Waals surface area contributed by atoms with E-state index in [0.717, 1.165) is 0 Å². The molecular formula is C18H15Cl2FN2O4. The molecule has 0 saturated heterocycles. The lowest BCUT2D eigenvalue weighted by Crippen LogP contribution is -2.39. The van der Waals surface area contributed by atoms with Gasteiger partial charge in [-0.05, 0) is 35.9 Å². The minimum Gasteiger partial charge on any atom is -0.460 e. The summed E-state index contributed by atoms with van der Waals surface area (Å²) in [6, 6.07) is 9.95. The van der Waals surface area contributed by atoms with Gasteiger partial charge in [-0.2, -0.15) is 0 Å². The molecule has 0 heterocycles. The molecule has 0 fully saturated rings. The summed E-state index contributed by atoms with van der Waals surface area (Å²) in [6.45, 7) is -0.848. The first-order valence-corrected chi connectivity index (χ1v) is 8.51. The van der Waals surface area contributed by atoms with Crippen molar-refractivity contribution in [1.29, 1.82) is 0 Å². The average molecular weight is 413 g/mol. The fraction of sp³-hybridized carbons (Fsp3) is 0.167. The van der Waals surface area contributed by atoms with Gasteiger partial charge in [0, 0.05) is 5.02 Å². The molecule has 0 aliphatic heterocycles. The van der Waals surface area contributed by atoms with Gasteiger partial charge in [-0.3, -0.25) is 14.4 Å². The van der Waals surface area contributed by atoms with Crippen LogP contribution in [0.25, 0.3) is 0 Å².